The van der Waals surface area contributed by atoms with Crippen molar-refractivity contribution in [1.82, 2.24) is 14.1 Å². The Morgan fingerprint density at radius 1 is 1.25 bits per heavy atom. The molecule has 0 aliphatic carbocycles. The molecule has 1 saturated heterocycles. The topological polar surface area (TPSA) is 78.0 Å². The van der Waals surface area contributed by atoms with Gasteiger partial charge in [0.15, 0.2) is 0 Å². The third-order valence-corrected chi connectivity index (χ3v) is 7.41. The van der Waals surface area contributed by atoms with Gasteiger partial charge in [0.25, 0.3) is 10.0 Å². The molecule has 1 aliphatic rings. The molecule has 2 amide bonds. The van der Waals surface area contributed by atoms with Crippen LogP contribution in [0.5, 0.6) is 0 Å². The first-order chi connectivity index (χ1) is 11.2. The average molecular weight is 374 g/mol. The van der Waals surface area contributed by atoms with Gasteiger partial charge in [0.1, 0.15) is 4.21 Å². The van der Waals surface area contributed by atoms with Gasteiger partial charge in [0, 0.05) is 40.2 Å². The van der Waals surface area contributed by atoms with Gasteiger partial charge in [-0.05, 0) is 24.3 Å². The van der Waals surface area contributed by atoms with Gasteiger partial charge in [-0.25, -0.2) is 8.42 Å². The van der Waals surface area contributed by atoms with Gasteiger partial charge in [-0.1, -0.05) is 6.07 Å². The first-order valence-corrected chi connectivity index (χ1v) is 10.0. The van der Waals surface area contributed by atoms with Crippen molar-refractivity contribution in [2.45, 2.75) is 17.1 Å². The van der Waals surface area contributed by atoms with Crippen molar-refractivity contribution >= 4 is 33.2 Å². The van der Waals surface area contributed by atoms with Crippen LogP contribution in [0.2, 0.25) is 0 Å². The smallest absolute Gasteiger partial charge is 0.252 e. The van der Waals surface area contributed by atoms with Crippen LogP contribution in [-0.4, -0.2) is 75.1 Å². The number of amides is 2. The van der Waals surface area contributed by atoms with E-state index in [1.165, 1.54) is 25.4 Å². The molecule has 2 heterocycles. The average Bonchev–Trinajstić information content (AvgIpc) is 3.09. The van der Waals surface area contributed by atoms with Crippen LogP contribution in [0.3, 0.4) is 0 Å². The molecule has 0 N–H and O–H groups in total. The lowest BCUT2D eigenvalue weighted by molar-refractivity contribution is -0.141. The number of hydrogen-bond acceptors (Lipinski definition) is 5. The van der Waals surface area contributed by atoms with E-state index in [-0.39, 0.29) is 24.3 Å². The Kier molecular flexibility index (Phi) is 6.00. The summed E-state index contributed by atoms with van der Waals surface area (Å²) >= 11 is 1.20. The fourth-order valence-electron chi connectivity index (χ4n) is 2.61. The zero-order valence-electron chi connectivity index (χ0n) is 14.1. The molecule has 0 unspecified atom stereocenters. The molecule has 134 valence electrons. The van der Waals surface area contributed by atoms with Crippen LogP contribution in [0.15, 0.2) is 21.7 Å². The standard InChI is InChI=1S/C15H23N3O4S2/c1-16(2)13(19)11-17(3)15(20)12-6-8-18(9-7-12)24(21,22)14-5-4-10-23-14/h4-5,10,12H,6-9,11H2,1-3H3. The molecule has 9 heteroatoms. The van der Waals surface area contributed by atoms with E-state index in [1.807, 2.05) is 0 Å². The van der Waals surface area contributed by atoms with Crippen molar-refractivity contribution in [2.75, 3.05) is 40.8 Å². The van der Waals surface area contributed by atoms with E-state index in [1.54, 1.807) is 38.7 Å². The van der Waals surface area contributed by atoms with Crippen LogP contribution in [0.25, 0.3) is 0 Å². The van der Waals surface area contributed by atoms with E-state index >= 15 is 0 Å². The Morgan fingerprint density at radius 3 is 2.38 bits per heavy atom. The Morgan fingerprint density at radius 2 is 1.88 bits per heavy atom. The number of hydrogen-bond donors (Lipinski definition) is 0. The van der Waals surface area contributed by atoms with E-state index in [2.05, 4.69) is 0 Å². The molecule has 0 aromatic carbocycles. The lowest BCUT2D eigenvalue weighted by Gasteiger charge is -2.32. The lowest BCUT2D eigenvalue weighted by Crippen LogP contribution is -2.45. The van der Waals surface area contributed by atoms with Crippen LogP contribution in [0.4, 0.5) is 0 Å². The first kappa shape index (κ1) is 18.9. The second-order valence-electron chi connectivity index (χ2n) is 6.09. The monoisotopic (exact) mass is 373 g/mol. The van der Waals surface area contributed by atoms with Crippen molar-refractivity contribution in [3.05, 3.63) is 17.5 Å². The van der Waals surface area contributed by atoms with Crippen LogP contribution < -0.4 is 0 Å². The summed E-state index contributed by atoms with van der Waals surface area (Å²) in [5, 5.41) is 1.74. The highest BCUT2D eigenvalue weighted by Gasteiger charge is 2.33. The molecular formula is C15H23N3O4S2. The summed E-state index contributed by atoms with van der Waals surface area (Å²) in [6, 6.07) is 3.31. The summed E-state index contributed by atoms with van der Waals surface area (Å²) in [5.74, 6) is -0.471. The van der Waals surface area contributed by atoms with Gasteiger partial charge in [0.2, 0.25) is 11.8 Å². The molecule has 0 radical (unpaired) electrons. The van der Waals surface area contributed by atoms with Crippen LogP contribution in [0, 0.1) is 5.92 Å². The molecule has 1 fully saturated rings. The molecule has 7 nitrogen and oxygen atoms in total. The molecule has 0 bridgehead atoms. The number of piperidine rings is 1. The largest absolute Gasteiger partial charge is 0.347 e. The minimum atomic E-state index is -3.45. The Hall–Kier alpha value is -1.45. The summed E-state index contributed by atoms with van der Waals surface area (Å²) in [6.45, 7) is 0.692. The van der Waals surface area contributed by atoms with Crippen molar-refractivity contribution in [3.8, 4) is 0 Å². The number of carbonyl (C=O) groups is 2. The van der Waals surface area contributed by atoms with E-state index in [0.29, 0.717) is 30.1 Å². The third-order valence-electron chi connectivity index (χ3n) is 4.14. The second kappa shape index (κ2) is 7.62. The fourth-order valence-corrected chi connectivity index (χ4v) is 5.23. The van der Waals surface area contributed by atoms with Gasteiger partial charge < -0.3 is 9.80 Å². The number of carbonyl (C=O) groups excluding carboxylic acids is 2. The number of thiophene rings is 1. The maximum absolute atomic E-state index is 12.5. The van der Waals surface area contributed by atoms with Crippen molar-refractivity contribution < 1.29 is 18.0 Å². The predicted molar refractivity (Wildman–Crippen MR) is 92.1 cm³/mol. The molecule has 1 aromatic rings. The molecule has 0 atom stereocenters. The number of rotatable bonds is 5. The summed E-state index contributed by atoms with van der Waals surface area (Å²) < 4.78 is 26.7. The summed E-state index contributed by atoms with van der Waals surface area (Å²) in [4.78, 5) is 27.0. The second-order valence-corrected chi connectivity index (χ2v) is 9.21. The van der Waals surface area contributed by atoms with Gasteiger partial charge >= 0.3 is 0 Å². The zero-order valence-corrected chi connectivity index (χ0v) is 15.8. The third kappa shape index (κ3) is 4.14. The molecule has 1 aliphatic heterocycles. The minimum absolute atomic E-state index is 0.0412. The Labute approximate surface area is 146 Å². The molecule has 1 aromatic heterocycles. The van der Waals surface area contributed by atoms with Crippen LogP contribution >= 0.6 is 11.3 Å². The predicted octanol–water partition coefficient (Wildman–Crippen LogP) is 0.695. The van der Waals surface area contributed by atoms with Gasteiger partial charge in [-0.15, -0.1) is 11.3 Å². The summed E-state index contributed by atoms with van der Waals surface area (Å²) in [7, 11) is 1.45. The van der Waals surface area contributed by atoms with E-state index in [9.17, 15) is 18.0 Å². The van der Waals surface area contributed by atoms with E-state index < -0.39 is 10.0 Å². The highest BCUT2D eigenvalue weighted by atomic mass is 32.2. The Balaban J connectivity index is 1.93. The van der Waals surface area contributed by atoms with Crippen LogP contribution in [0.1, 0.15) is 12.8 Å². The van der Waals surface area contributed by atoms with Gasteiger partial charge in [-0.2, -0.15) is 4.31 Å². The number of sulfonamides is 1. The van der Waals surface area contributed by atoms with Crippen molar-refractivity contribution in [3.63, 3.8) is 0 Å². The van der Waals surface area contributed by atoms with Gasteiger partial charge in [-0.3, -0.25) is 9.59 Å². The Bertz CT molecular complexity index is 678. The van der Waals surface area contributed by atoms with Crippen molar-refractivity contribution in [1.29, 1.82) is 0 Å². The molecule has 0 saturated carbocycles. The van der Waals surface area contributed by atoms with Gasteiger partial charge in [0.05, 0.1) is 6.54 Å². The van der Waals surface area contributed by atoms with Crippen LogP contribution in [-0.2, 0) is 19.6 Å². The summed E-state index contributed by atoms with van der Waals surface area (Å²) in [6.07, 6.45) is 0.952. The quantitative estimate of drug-likeness (QED) is 0.761. The lowest BCUT2D eigenvalue weighted by atomic mass is 9.96. The molecule has 0 spiro atoms. The normalized spacial score (nSPS) is 16.8. The zero-order chi connectivity index (χ0) is 17.9. The number of nitrogens with zero attached hydrogens (tertiary/aromatic N) is 3. The highest BCUT2D eigenvalue weighted by Crippen LogP contribution is 2.27. The molecule has 24 heavy (non-hydrogen) atoms. The molecular weight excluding hydrogens is 350 g/mol. The maximum atomic E-state index is 12.5. The van der Waals surface area contributed by atoms with E-state index in [0.717, 1.165) is 0 Å². The SMILES string of the molecule is CN(C)C(=O)CN(C)C(=O)C1CCN(S(=O)(=O)c2cccs2)CC1. The van der Waals surface area contributed by atoms with Crippen molar-refractivity contribution in [2.24, 2.45) is 5.92 Å². The molecule has 2 rings (SSSR count). The minimum Gasteiger partial charge on any atom is -0.347 e. The fraction of sp³-hybridized carbons (Fsp3) is 0.600. The highest BCUT2D eigenvalue weighted by molar-refractivity contribution is 7.91. The summed E-state index contributed by atoms with van der Waals surface area (Å²) in [5.41, 5.74) is 0. The number of likely N-dealkylation sites (N-methyl/N-ethyl adjacent to an activating group) is 2. The van der Waals surface area contributed by atoms with E-state index in [4.69, 9.17) is 0 Å². The first-order valence-electron chi connectivity index (χ1n) is 7.72. The maximum Gasteiger partial charge on any atom is 0.252 e.